The minimum Gasteiger partial charge on any atom is -0.462 e. The molecule has 5 atom stereocenters. The van der Waals surface area contributed by atoms with Crippen molar-refractivity contribution in [2.24, 2.45) is 0 Å². The molecule has 0 bridgehead atoms. The van der Waals surface area contributed by atoms with Crippen molar-refractivity contribution in [2.75, 3.05) is 39.6 Å². The first-order valence-corrected chi connectivity index (χ1v) is 43.4. The summed E-state index contributed by atoms with van der Waals surface area (Å²) in [7, 11) is -10.00. The molecule has 0 heterocycles. The van der Waals surface area contributed by atoms with E-state index < -0.39 is 97.5 Å². The van der Waals surface area contributed by atoms with Crippen LogP contribution in [0.25, 0.3) is 0 Å². The molecule has 0 aromatic rings. The molecular formula is C87H142O17P2. The first-order valence-electron chi connectivity index (χ1n) is 40.4. The number of carbonyl (C=O) groups excluding carboxylic acids is 4. The summed E-state index contributed by atoms with van der Waals surface area (Å²) in [4.78, 5) is 73.1. The van der Waals surface area contributed by atoms with Crippen LogP contribution in [0, 0.1) is 0 Å². The van der Waals surface area contributed by atoms with Gasteiger partial charge in [0, 0.05) is 25.7 Å². The first kappa shape index (κ1) is 100. The number of aliphatic hydroxyl groups is 1. The van der Waals surface area contributed by atoms with Crippen molar-refractivity contribution in [3.63, 3.8) is 0 Å². The lowest BCUT2D eigenvalue weighted by molar-refractivity contribution is -0.161. The molecule has 0 aliphatic rings. The van der Waals surface area contributed by atoms with Crippen molar-refractivity contribution in [3.05, 3.63) is 170 Å². The van der Waals surface area contributed by atoms with Gasteiger partial charge in [-0.25, -0.2) is 9.13 Å². The maximum atomic E-state index is 13.1. The Morgan fingerprint density at radius 2 is 0.500 bits per heavy atom. The lowest BCUT2D eigenvalue weighted by Gasteiger charge is -2.21. The zero-order valence-corrected chi connectivity index (χ0v) is 67.6. The lowest BCUT2D eigenvalue weighted by Crippen LogP contribution is -2.30. The molecule has 0 aliphatic carbocycles. The fourth-order valence-corrected chi connectivity index (χ4v) is 11.7. The highest BCUT2D eigenvalue weighted by molar-refractivity contribution is 7.47. The zero-order valence-electron chi connectivity index (χ0n) is 65.8. The molecule has 0 rings (SSSR count). The molecule has 0 aromatic carbocycles. The number of allylic oxidation sites excluding steroid dienone is 28. The third-order valence-electron chi connectivity index (χ3n) is 16.1. The fraction of sp³-hybridized carbons (Fsp3) is 0.632. The summed E-state index contributed by atoms with van der Waals surface area (Å²) in [6.45, 7) is 4.36. The molecule has 0 fully saturated rings. The lowest BCUT2D eigenvalue weighted by atomic mass is 10.1. The topological polar surface area (TPSA) is 237 Å². The Kier molecular flexibility index (Phi) is 73.5. The van der Waals surface area contributed by atoms with Gasteiger partial charge in [0.25, 0.3) is 0 Å². The van der Waals surface area contributed by atoms with Crippen LogP contribution in [0.2, 0.25) is 0 Å². The standard InChI is InChI=1S/C87H142O17P2/c1-5-9-13-17-21-25-29-33-36-39-40-43-45-49-52-56-60-64-68-72-85(90)97-77-82(103-86(91)73-69-65-61-57-53-47-32-28-24-20-16-12-8-4)79-101-105(93,94)99-75-81(88)76-100-106(95,96)102-80-83(104-87(92)74-70-66-62-58-54-50-46-42-38-35-31-27-23-19-15-11-7-3)78-98-84(89)71-67-63-59-55-51-48-44-41-37-34-30-26-22-18-14-10-6-2/h9-11,13-16,20-23,25-28,32-38,40,43-44,48,55,59,81-83,88H,5-8,12,17-19,24,29-31,39,41-42,45-47,49-54,56-58,60-80H2,1-4H3,(H,93,94)(H,95,96)/b13-9-,14-10-,15-11-,20-16-,25-21-,26-22-,27-23-,32-28-,36-33-,37-34-,38-35-,43-40-,48-44-,59-55-. The van der Waals surface area contributed by atoms with Crippen molar-refractivity contribution in [3.8, 4) is 0 Å². The fourth-order valence-electron chi connectivity index (χ4n) is 10.1. The normalized spacial score (nSPS) is 14.7. The van der Waals surface area contributed by atoms with Gasteiger partial charge >= 0.3 is 39.5 Å². The highest BCUT2D eigenvalue weighted by Gasteiger charge is 2.30. The number of rotatable bonds is 74. The second-order valence-electron chi connectivity index (χ2n) is 26.2. The van der Waals surface area contributed by atoms with E-state index in [1.54, 1.807) is 0 Å². The Bertz CT molecular complexity index is 2680. The minimum absolute atomic E-state index is 0.0653. The van der Waals surface area contributed by atoms with Crippen LogP contribution in [0.5, 0.6) is 0 Å². The highest BCUT2D eigenvalue weighted by atomic mass is 31.2. The van der Waals surface area contributed by atoms with Crippen molar-refractivity contribution in [1.82, 2.24) is 0 Å². The van der Waals surface area contributed by atoms with Crippen LogP contribution >= 0.6 is 15.6 Å². The molecule has 602 valence electrons. The molecule has 0 saturated carbocycles. The van der Waals surface area contributed by atoms with E-state index in [0.29, 0.717) is 32.1 Å². The van der Waals surface area contributed by atoms with E-state index in [-0.39, 0.29) is 25.7 Å². The Morgan fingerprint density at radius 3 is 0.792 bits per heavy atom. The number of carbonyl (C=O) groups is 4. The summed E-state index contributed by atoms with van der Waals surface area (Å²) in [6.07, 6.45) is 91.9. The number of aliphatic hydroxyl groups excluding tert-OH is 1. The Balaban J connectivity index is 5.44. The average molecular weight is 1520 g/mol. The second kappa shape index (κ2) is 77.6. The minimum atomic E-state index is -5.00. The SMILES string of the molecule is CC/C=C\C/C=C\C/C=C\C/C=C\C/C=C\CCCC(=O)OCC(COP(=O)(O)OCC(O)COP(=O)(O)OCC(COC(=O)CCCCCCCC/C=C\C/C=C\C/C=C\C/C=C\CC)OC(=O)CCCCCCC/C=C\C/C=C\CCC)OC(=O)CCCCCCCCC/C=C\C/C=C\C/C=C\CC. The third-order valence-corrected chi connectivity index (χ3v) is 18.0. The van der Waals surface area contributed by atoms with Gasteiger partial charge in [-0.2, -0.15) is 0 Å². The van der Waals surface area contributed by atoms with E-state index in [0.717, 1.165) is 212 Å². The van der Waals surface area contributed by atoms with E-state index in [1.807, 2.05) is 12.2 Å². The number of phosphoric ester groups is 2. The predicted octanol–water partition coefficient (Wildman–Crippen LogP) is 23.8. The zero-order chi connectivity index (χ0) is 77.4. The molecule has 0 amide bonds. The van der Waals surface area contributed by atoms with Crippen molar-refractivity contribution < 1.29 is 80.2 Å². The molecule has 0 aromatic heterocycles. The Labute approximate surface area is 642 Å². The quantitative estimate of drug-likeness (QED) is 0.0169. The van der Waals surface area contributed by atoms with E-state index in [9.17, 15) is 43.2 Å². The van der Waals surface area contributed by atoms with Crippen molar-refractivity contribution in [2.45, 2.75) is 316 Å². The summed E-state index contributed by atoms with van der Waals surface area (Å²) in [5.41, 5.74) is 0. The van der Waals surface area contributed by atoms with Gasteiger partial charge in [-0.1, -0.05) is 281 Å². The number of phosphoric acid groups is 2. The molecule has 5 unspecified atom stereocenters. The monoisotopic (exact) mass is 1520 g/mol. The molecular weight excluding hydrogens is 1380 g/mol. The maximum Gasteiger partial charge on any atom is 0.472 e. The molecule has 0 spiro atoms. The number of hydrogen-bond acceptors (Lipinski definition) is 15. The summed E-state index contributed by atoms with van der Waals surface area (Å²) in [5, 5.41) is 10.6. The maximum absolute atomic E-state index is 13.1. The van der Waals surface area contributed by atoms with Crippen LogP contribution in [0.3, 0.4) is 0 Å². The van der Waals surface area contributed by atoms with Gasteiger partial charge in [-0.15, -0.1) is 0 Å². The van der Waals surface area contributed by atoms with Gasteiger partial charge in [0.15, 0.2) is 12.2 Å². The molecule has 3 N–H and O–H groups in total. The van der Waals surface area contributed by atoms with Crippen LogP contribution in [0.15, 0.2) is 170 Å². The van der Waals surface area contributed by atoms with Gasteiger partial charge < -0.3 is 33.8 Å². The summed E-state index contributed by atoms with van der Waals surface area (Å²) >= 11 is 0. The Hall–Kier alpha value is -5.58. The Morgan fingerprint density at radius 1 is 0.274 bits per heavy atom. The van der Waals surface area contributed by atoms with Crippen LogP contribution in [0.1, 0.15) is 297 Å². The number of esters is 4. The van der Waals surface area contributed by atoms with E-state index >= 15 is 0 Å². The molecule has 0 radical (unpaired) electrons. The number of unbranched alkanes of at least 4 members (excludes halogenated alkanes) is 20. The van der Waals surface area contributed by atoms with Gasteiger partial charge in [-0.05, 0) is 161 Å². The van der Waals surface area contributed by atoms with Gasteiger partial charge in [0.05, 0.1) is 26.4 Å². The van der Waals surface area contributed by atoms with Gasteiger partial charge in [-0.3, -0.25) is 37.3 Å². The molecule has 0 saturated heterocycles. The summed E-state index contributed by atoms with van der Waals surface area (Å²) in [5.74, 6) is -2.29. The van der Waals surface area contributed by atoms with Crippen molar-refractivity contribution in [1.29, 1.82) is 0 Å². The van der Waals surface area contributed by atoms with Crippen LogP contribution in [-0.2, 0) is 65.4 Å². The number of hydrogen-bond donors (Lipinski definition) is 3. The molecule has 19 heteroatoms. The molecule has 17 nitrogen and oxygen atoms in total. The van der Waals surface area contributed by atoms with E-state index in [2.05, 4.69) is 186 Å². The second-order valence-corrected chi connectivity index (χ2v) is 29.1. The highest BCUT2D eigenvalue weighted by Crippen LogP contribution is 2.45. The van der Waals surface area contributed by atoms with E-state index in [4.69, 9.17) is 37.0 Å². The molecule has 106 heavy (non-hydrogen) atoms. The van der Waals surface area contributed by atoms with Gasteiger partial charge in [0.1, 0.15) is 19.3 Å². The smallest absolute Gasteiger partial charge is 0.462 e. The van der Waals surface area contributed by atoms with Crippen LogP contribution < -0.4 is 0 Å². The number of ether oxygens (including phenoxy) is 4. The summed E-state index contributed by atoms with van der Waals surface area (Å²) < 4.78 is 68.6. The summed E-state index contributed by atoms with van der Waals surface area (Å²) in [6, 6.07) is 0. The van der Waals surface area contributed by atoms with Crippen LogP contribution in [-0.4, -0.2) is 96.7 Å². The van der Waals surface area contributed by atoms with Gasteiger partial charge in [0.2, 0.25) is 0 Å². The predicted molar refractivity (Wildman–Crippen MR) is 436 cm³/mol. The first-order chi connectivity index (χ1) is 51.7. The third kappa shape index (κ3) is 76.6. The largest absolute Gasteiger partial charge is 0.472 e. The average Bonchev–Trinajstić information content (AvgIpc) is 0.902. The molecule has 0 aliphatic heterocycles. The van der Waals surface area contributed by atoms with Crippen molar-refractivity contribution >= 4 is 39.5 Å². The van der Waals surface area contributed by atoms with E-state index in [1.165, 1.54) is 0 Å². The van der Waals surface area contributed by atoms with Crippen LogP contribution in [0.4, 0.5) is 0 Å².